The van der Waals surface area contributed by atoms with E-state index in [9.17, 15) is 0 Å². The van der Waals surface area contributed by atoms with Gasteiger partial charge in [-0.2, -0.15) is 0 Å². The summed E-state index contributed by atoms with van der Waals surface area (Å²) in [6, 6.07) is 0. The van der Waals surface area contributed by atoms with Crippen molar-refractivity contribution >= 4 is 5.71 Å². The first kappa shape index (κ1) is 9.63. The van der Waals surface area contributed by atoms with Crippen LogP contribution in [-0.2, 0) is 0 Å². The zero-order chi connectivity index (χ0) is 7.98. The Morgan fingerprint density at radius 1 is 1.70 bits per heavy atom. The molecule has 59 valence electrons. The molecule has 0 aromatic rings. The molecule has 2 nitrogen and oxygen atoms in total. The Morgan fingerprint density at radius 2 is 2.30 bits per heavy atom. The Kier molecular flexibility index (Phi) is 5.22. The molecule has 0 rings (SSSR count). The van der Waals surface area contributed by atoms with Gasteiger partial charge in [0.2, 0.25) is 0 Å². The van der Waals surface area contributed by atoms with E-state index in [0.717, 1.165) is 19.3 Å². The third-order valence-corrected chi connectivity index (χ3v) is 1.65. The molecule has 0 fully saturated rings. The van der Waals surface area contributed by atoms with Crippen molar-refractivity contribution < 1.29 is 5.11 Å². The molecule has 2 heteroatoms. The molecule has 0 unspecified atom stereocenters. The van der Waals surface area contributed by atoms with Crippen molar-refractivity contribution in [3.05, 3.63) is 6.92 Å². The average molecular weight is 142 g/mol. The largest absolute Gasteiger partial charge is 0.396 e. The standard InChI is InChI=1S/C8H16NO/c1-3-5-8(9)7(4-2)6-10/h7,9-10H,1,3-6H2,2H3/t7-/m0/s1. The van der Waals surface area contributed by atoms with Crippen LogP contribution in [0, 0.1) is 18.3 Å². The van der Waals surface area contributed by atoms with E-state index in [1.807, 2.05) is 6.92 Å². The highest BCUT2D eigenvalue weighted by Gasteiger charge is 2.08. The molecule has 0 aliphatic rings. The van der Waals surface area contributed by atoms with E-state index in [2.05, 4.69) is 6.92 Å². The van der Waals surface area contributed by atoms with Gasteiger partial charge < -0.3 is 10.5 Å². The fourth-order valence-electron chi connectivity index (χ4n) is 0.880. The van der Waals surface area contributed by atoms with Gasteiger partial charge >= 0.3 is 0 Å². The zero-order valence-corrected chi connectivity index (χ0v) is 6.56. The van der Waals surface area contributed by atoms with Crippen molar-refractivity contribution in [2.24, 2.45) is 5.92 Å². The lowest BCUT2D eigenvalue weighted by Crippen LogP contribution is -2.16. The van der Waals surface area contributed by atoms with Gasteiger partial charge in [0.15, 0.2) is 0 Å². The molecule has 0 bridgehead atoms. The summed E-state index contributed by atoms with van der Waals surface area (Å²) in [7, 11) is 0. The van der Waals surface area contributed by atoms with E-state index in [-0.39, 0.29) is 12.5 Å². The molecule has 0 aliphatic carbocycles. The summed E-state index contributed by atoms with van der Waals surface area (Å²) in [6.45, 7) is 5.75. The van der Waals surface area contributed by atoms with Gasteiger partial charge in [0.25, 0.3) is 0 Å². The van der Waals surface area contributed by atoms with Gasteiger partial charge in [-0.25, -0.2) is 0 Å². The second-order valence-corrected chi connectivity index (χ2v) is 2.42. The topological polar surface area (TPSA) is 44.1 Å². The van der Waals surface area contributed by atoms with Crippen LogP contribution in [0.3, 0.4) is 0 Å². The number of hydrogen-bond donors (Lipinski definition) is 2. The van der Waals surface area contributed by atoms with Crippen LogP contribution in [0.25, 0.3) is 0 Å². The molecule has 0 saturated carbocycles. The number of aliphatic hydroxyl groups is 1. The van der Waals surface area contributed by atoms with Crippen LogP contribution in [0.4, 0.5) is 0 Å². The lowest BCUT2D eigenvalue weighted by atomic mass is 9.98. The summed E-state index contributed by atoms with van der Waals surface area (Å²) in [5.74, 6) is 0.0711. The van der Waals surface area contributed by atoms with Gasteiger partial charge in [-0.3, -0.25) is 0 Å². The van der Waals surface area contributed by atoms with Crippen LogP contribution < -0.4 is 0 Å². The van der Waals surface area contributed by atoms with Crippen molar-refractivity contribution in [1.29, 1.82) is 5.41 Å². The van der Waals surface area contributed by atoms with E-state index in [4.69, 9.17) is 10.5 Å². The van der Waals surface area contributed by atoms with Crippen LogP contribution in [0.5, 0.6) is 0 Å². The Morgan fingerprint density at radius 3 is 2.60 bits per heavy atom. The first-order chi connectivity index (χ1) is 4.76. The molecule has 0 saturated heterocycles. The number of nitrogens with one attached hydrogen (secondary N) is 1. The SMILES string of the molecule is [CH2]CCC(=N)[C@@H](CC)CO. The van der Waals surface area contributed by atoms with Crippen LogP contribution in [0.15, 0.2) is 0 Å². The third kappa shape index (κ3) is 2.97. The minimum Gasteiger partial charge on any atom is -0.396 e. The second-order valence-electron chi connectivity index (χ2n) is 2.42. The van der Waals surface area contributed by atoms with Crippen LogP contribution in [-0.4, -0.2) is 17.4 Å². The van der Waals surface area contributed by atoms with Crippen molar-refractivity contribution in [3.63, 3.8) is 0 Å². The van der Waals surface area contributed by atoms with Crippen LogP contribution >= 0.6 is 0 Å². The Hall–Kier alpha value is -0.370. The molecular formula is C8H16NO. The molecule has 10 heavy (non-hydrogen) atoms. The van der Waals surface area contributed by atoms with Crippen molar-refractivity contribution in [2.75, 3.05) is 6.61 Å². The Bertz CT molecular complexity index is 97.4. The summed E-state index contributed by atoms with van der Waals surface area (Å²) in [5, 5.41) is 16.2. The van der Waals surface area contributed by atoms with Crippen LogP contribution in [0.2, 0.25) is 0 Å². The molecule has 0 aliphatic heterocycles. The number of hydrogen-bond acceptors (Lipinski definition) is 2. The lowest BCUT2D eigenvalue weighted by molar-refractivity contribution is 0.257. The van der Waals surface area contributed by atoms with Gasteiger partial charge in [0.1, 0.15) is 0 Å². The molecule has 0 heterocycles. The quantitative estimate of drug-likeness (QED) is 0.563. The molecule has 0 aromatic heterocycles. The maximum absolute atomic E-state index is 8.76. The van der Waals surface area contributed by atoms with Gasteiger partial charge in [-0.1, -0.05) is 13.8 Å². The molecule has 1 atom stereocenters. The average Bonchev–Trinajstić information content (AvgIpc) is 1.91. The maximum atomic E-state index is 8.76. The number of rotatable bonds is 5. The first-order valence-corrected chi connectivity index (χ1v) is 3.73. The van der Waals surface area contributed by atoms with E-state index in [1.54, 1.807) is 0 Å². The van der Waals surface area contributed by atoms with Crippen LogP contribution in [0.1, 0.15) is 26.2 Å². The van der Waals surface area contributed by atoms with Crippen molar-refractivity contribution in [2.45, 2.75) is 26.2 Å². The fraction of sp³-hybridized carbons (Fsp3) is 0.750. The number of aliphatic hydroxyl groups excluding tert-OH is 1. The van der Waals surface area contributed by atoms with Gasteiger partial charge in [0, 0.05) is 11.6 Å². The highest BCUT2D eigenvalue weighted by atomic mass is 16.3. The lowest BCUT2D eigenvalue weighted by Gasteiger charge is -2.11. The Balaban J connectivity index is 3.65. The van der Waals surface area contributed by atoms with Crippen molar-refractivity contribution in [1.82, 2.24) is 0 Å². The fourth-order valence-corrected chi connectivity index (χ4v) is 0.880. The van der Waals surface area contributed by atoms with E-state index in [1.165, 1.54) is 0 Å². The normalized spacial score (nSPS) is 13.1. The molecule has 1 radical (unpaired) electrons. The predicted octanol–water partition coefficient (Wildman–Crippen LogP) is 1.64. The Labute approximate surface area is 62.8 Å². The van der Waals surface area contributed by atoms with E-state index >= 15 is 0 Å². The molecule has 0 amide bonds. The van der Waals surface area contributed by atoms with Crippen molar-refractivity contribution in [3.8, 4) is 0 Å². The van der Waals surface area contributed by atoms with Gasteiger partial charge in [0.05, 0.1) is 6.61 Å². The third-order valence-electron chi connectivity index (χ3n) is 1.65. The second kappa shape index (κ2) is 5.42. The summed E-state index contributed by atoms with van der Waals surface area (Å²) in [6.07, 6.45) is 2.34. The molecule has 2 N–H and O–H groups in total. The molecule has 0 aromatic carbocycles. The summed E-state index contributed by atoms with van der Waals surface area (Å²) in [4.78, 5) is 0. The highest BCUT2D eigenvalue weighted by molar-refractivity contribution is 5.83. The first-order valence-electron chi connectivity index (χ1n) is 3.73. The highest BCUT2D eigenvalue weighted by Crippen LogP contribution is 2.06. The monoisotopic (exact) mass is 142 g/mol. The van der Waals surface area contributed by atoms with Gasteiger partial charge in [-0.05, 0) is 19.3 Å². The summed E-state index contributed by atoms with van der Waals surface area (Å²) in [5.41, 5.74) is 0.639. The smallest absolute Gasteiger partial charge is 0.0511 e. The van der Waals surface area contributed by atoms with E-state index in [0.29, 0.717) is 5.71 Å². The predicted molar refractivity (Wildman–Crippen MR) is 43.2 cm³/mol. The maximum Gasteiger partial charge on any atom is 0.0511 e. The van der Waals surface area contributed by atoms with E-state index < -0.39 is 0 Å². The van der Waals surface area contributed by atoms with Gasteiger partial charge in [-0.15, -0.1) is 0 Å². The summed E-state index contributed by atoms with van der Waals surface area (Å²) < 4.78 is 0. The molecular weight excluding hydrogens is 126 g/mol. The zero-order valence-electron chi connectivity index (χ0n) is 6.56. The molecule has 0 spiro atoms. The minimum absolute atomic E-state index is 0.0711. The summed E-state index contributed by atoms with van der Waals surface area (Å²) >= 11 is 0. The minimum atomic E-state index is 0.0711.